The molecule has 7 heteroatoms. The van der Waals surface area contributed by atoms with Gasteiger partial charge in [0.1, 0.15) is 5.82 Å². The predicted octanol–water partition coefficient (Wildman–Crippen LogP) is 1.60. The van der Waals surface area contributed by atoms with Crippen LogP contribution in [0, 0.1) is 0 Å². The highest BCUT2D eigenvalue weighted by Gasteiger charge is 2.28. The molecule has 156 valence electrons. The standard InChI is InChI=1S/C22H33N7/c1-14-12-21(28(3)27-14)26-20-8-11-29(24)22(15(2)23)18-5-4-17(13-19(18)20)16-6-9-25-10-7-16/h4-6,12-14,20,25-27H,7-11,23-24H2,1-3H3/b22-15-. The van der Waals surface area contributed by atoms with Crippen molar-refractivity contribution in [3.05, 3.63) is 58.6 Å². The zero-order valence-electron chi connectivity index (χ0n) is 17.6. The summed E-state index contributed by atoms with van der Waals surface area (Å²) < 4.78 is 0. The normalized spacial score (nSPS) is 26.5. The van der Waals surface area contributed by atoms with Crippen LogP contribution in [-0.4, -0.2) is 42.7 Å². The molecule has 1 aromatic rings. The summed E-state index contributed by atoms with van der Waals surface area (Å²) in [5.74, 6) is 7.50. The first-order valence-corrected chi connectivity index (χ1v) is 10.5. The van der Waals surface area contributed by atoms with Gasteiger partial charge in [0, 0.05) is 37.4 Å². The van der Waals surface area contributed by atoms with E-state index >= 15 is 0 Å². The largest absolute Gasteiger partial charge is 0.401 e. The lowest BCUT2D eigenvalue weighted by atomic mass is 9.91. The maximum atomic E-state index is 6.41. The van der Waals surface area contributed by atoms with E-state index < -0.39 is 0 Å². The minimum absolute atomic E-state index is 0.149. The molecule has 7 N–H and O–H groups in total. The highest BCUT2D eigenvalue weighted by molar-refractivity contribution is 5.74. The molecule has 29 heavy (non-hydrogen) atoms. The summed E-state index contributed by atoms with van der Waals surface area (Å²) in [7, 11) is 2.04. The Morgan fingerprint density at radius 1 is 1.31 bits per heavy atom. The maximum Gasteiger partial charge on any atom is 0.113 e. The Kier molecular flexibility index (Phi) is 5.54. The Balaban J connectivity index is 1.77. The molecule has 1 aromatic carbocycles. The number of nitrogens with zero attached hydrogens (tertiary/aromatic N) is 2. The Labute approximate surface area is 173 Å². The lowest BCUT2D eigenvalue weighted by molar-refractivity contribution is 0.283. The molecule has 3 aliphatic rings. The zero-order chi connectivity index (χ0) is 20.5. The van der Waals surface area contributed by atoms with Crippen LogP contribution in [0.1, 0.15) is 49.4 Å². The third-order valence-corrected chi connectivity index (χ3v) is 5.92. The third kappa shape index (κ3) is 3.99. The van der Waals surface area contributed by atoms with Crippen LogP contribution in [0.15, 0.2) is 41.9 Å². The molecule has 0 aromatic heterocycles. The monoisotopic (exact) mass is 395 g/mol. The molecule has 0 saturated carbocycles. The van der Waals surface area contributed by atoms with Crippen LogP contribution >= 0.6 is 0 Å². The van der Waals surface area contributed by atoms with Crippen molar-refractivity contribution in [3.63, 3.8) is 0 Å². The molecule has 4 rings (SSSR count). The Morgan fingerprint density at radius 3 is 2.79 bits per heavy atom. The first-order chi connectivity index (χ1) is 13.9. The average molecular weight is 396 g/mol. The molecule has 7 nitrogen and oxygen atoms in total. The molecule has 0 aliphatic carbocycles. The van der Waals surface area contributed by atoms with Gasteiger partial charge in [0.15, 0.2) is 0 Å². The fraction of sp³-hybridized carbons (Fsp3) is 0.455. The van der Waals surface area contributed by atoms with Gasteiger partial charge in [-0.2, -0.15) is 0 Å². The molecule has 0 spiro atoms. The van der Waals surface area contributed by atoms with E-state index in [9.17, 15) is 0 Å². The van der Waals surface area contributed by atoms with E-state index in [1.807, 2.05) is 14.0 Å². The van der Waals surface area contributed by atoms with Crippen LogP contribution in [0.5, 0.6) is 0 Å². The fourth-order valence-electron chi connectivity index (χ4n) is 4.51. The summed E-state index contributed by atoms with van der Waals surface area (Å²) in [6.45, 7) is 6.76. The number of benzene rings is 1. The van der Waals surface area contributed by atoms with Gasteiger partial charge in [0.2, 0.25) is 0 Å². The average Bonchev–Trinajstić information content (AvgIpc) is 2.94. The molecular weight excluding hydrogens is 362 g/mol. The lowest BCUT2D eigenvalue weighted by Gasteiger charge is -2.26. The number of rotatable bonds is 3. The van der Waals surface area contributed by atoms with Crippen molar-refractivity contribution in [2.24, 2.45) is 11.6 Å². The van der Waals surface area contributed by atoms with Crippen LogP contribution in [0.25, 0.3) is 11.3 Å². The Bertz CT molecular complexity index is 866. The van der Waals surface area contributed by atoms with E-state index in [1.165, 1.54) is 16.7 Å². The fourth-order valence-corrected chi connectivity index (χ4v) is 4.51. The molecular formula is C22H33N7. The van der Waals surface area contributed by atoms with Crippen molar-refractivity contribution >= 4 is 11.3 Å². The summed E-state index contributed by atoms with van der Waals surface area (Å²) in [6, 6.07) is 7.19. The SMILES string of the molecule is C/C(N)=C1\c2ccc(C3=CCNCC3)cc2C(NC2=CC(C)NN2C)CCN1N. The van der Waals surface area contributed by atoms with E-state index in [4.69, 9.17) is 11.6 Å². The molecule has 0 fully saturated rings. The first-order valence-electron chi connectivity index (χ1n) is 10.5. The maximum absolute atomic E-state index is 6.41. The van der Waals surface area contributed by atoms with E-state index in [2.05, 4.69) is 58.3 Å². The summed E-state index contributed by atoms with van der Waals surface area (Å²) in [5, 5.41) is 11.0. The number of allylic oxidation sites excluding steroid dienone is 1. The van der Waals surface area contributed by atoms with Gasteiger partial charge in [0.25, 0.3) is 0 Å². The predicted molar refractivity (Wildman–Crippen MR) is 119 cm³/mol. The van der Waals surface area contributed by atoms with E-state index in [1.54, 1.807) is 5.01 Å². The van der Waals surface area contributed by atoms with Crippen LogP contribution in [-0.2, 0) is 0 Å². The second-order valence-electron chi connectivity index (χ2n) is 8.22. The van der Waals surface area contributed by atoms with Crippen LogP contribution < -0.4 is 27.6 Å². The highest BCUT2D eigenvalue weighted by Crippen LogP contribution is 2.36. The molecule has 0 amide bonds. The summed E-state index contributed by atoms with van der Waals surface area (Å²) in [5.41, 5.74) is 16.4. The lowest BCUT2D eigenvalue weighted by Crippen LogP contribution is -2.37. The molecule has 0 bridgehead atoms. The Hall–Kier alpha value is -2.48. The number of nitrogens with two attached hydrogens (primary N) is 2. The first kappa shape index (κ1) is 19.8. The third-order valence-electron chi connectivity index (χ3n) is 5.92. The smallest absolute Gasteiger partial charge is 0.113 e. The number of hydrogen-bond donors (Lipinski definition) is 5. The number of fused-ring (bicyclic) bond motifs is 1. The van der Waals surface area contributed by atoms with Gasteiger partial charge in [-0.25, -0.2) is 11.3 Å². The van der Waals surface area contributed by atoms with E-state index in [0.29, 0.717) is 6.04 Å². The topological polar surface area (TPSA) is 94.6 Å². The number of nitrogens with one attached hydrogen (secondary N) is 3. The van der Waals surface area contributed by atoms with Gasteiger partial charge >= 0.3 is 0 Å². The Morgan fingerprint density at radius 2 is 2.14 bits per heavy atom. The summed E-state index contributed by atoms with van der Waals surface area (Å²) >= 11 is 0. The van der Waals surface area contributed by atoms with Gasteiger partial charge in [-0.3, -0.25) is 5.01 Å². The minimum Gasteiger partial charge on any atom is -0.401 e. The van der Waals surface area contributed by atoms with Crippen LogP contribution in [0.2, 0.25) is 0 Å². The molecule has 3 aliphatic heterocycles. The molecule has 0 radical (unpaired) electrons. The van der Waals surface area contributed by atoms with Gasteiger partial charge in [-0.15, -0.1) is 0 Å². The van der Waals surface area contributed by atoms with Crippen molar-refractivity contribution in [3.8, 4) is 0 Å². The second kappa shape index (κ2) is 8.10. The van der Waals surface area contributed by atoms with Crippen molar-refractivity contribution in [2.45, 2.75) is 38.8 Å². The van der Waals surface area contributed by atoms with Gasteiger partial charge in [-0.05, 0) is 62.1 Å². The quantitative estimate of drug-likeness (QED) is 0.496. The highest BCUT2D eigenvalue weighted by atomic mass is 15.6. The summed E-state index contributed by atoms with van der Waals surface area (Å²) in [4.78, 5) is 0. The van der Waals surface area contributed by atoms with E-state index in [-0.39, 0.29) is 6.04 Å². The van der Waals surface area contributed by atoms with E-state index in [0.717, 1.165) is 55.3 Å². The van der Waals surface area contributed by atoms with Gasteiger partial charge in [-0.1, -0.05) is 18.2 Å². The number of hydrazine groups is 2. The minimum atomic E-state index is 0.149. The van der Waals surface area contributed by atoms with Crippen LogP contribution in [0.3, 0.4) is 0 Å². The summed E-state index contributed by atoms with van der Waals surface area (Å²) in [6.07, 6.45) is 6.45. The van der Waals surface area contributed by atoms with Gasteiger partial charge in [0.05, 0.1) is 11.7 Å². The van der Waals surface area contributed by atoms with Gasteiger partial charge < -0.3 is 21.4 Å². The zero-order valence-corrected chi connectivity index (χ0v) is 17.6. The van der Waals surface area contributed by atoms with Crippen molar-refractivity contribution in [2.75, 3.05) is 26.7 Å². The van der Waals surface area contributed by atoms with Crippen molar-refractivity contribution in [1.82, 2.24) is 26.1 Å². The molecule has 0 saturated heterocycles. The second-order valence-corrected chi connectivity index (χ2v) is 8.22. The van der Waals surface area contributed by atoms with Crippen molar-refractivity contribution < 1.29 is 0 Å². The molecule has 2 unspecified atom stereocenters. The molecule has 2 atom stereocenters. The van der Waals surface area contributed by atoms with Crippen molar-refractivity contribution in [1.29, 1.82) is 0 Å². The van der Waals surface area contributed by atoms with Crippen LogP contribution in [0.4, 0.5) is 0 Å². The number of hydrogen-bond acceptors (Lipinski definition) is 7. The molecule has 3 heterocycles.